The number of amides is 1. The number of nitriles is 1. The van der Waals surface area contributed by atoms with Crippen LogP contribution in [0.15, 0.2) is 54.2 Å². The molecule has 0 radical (unpaired) electrons. The first-order chi connectivity index (χ1) is 16.3. The fourth-order valence-electron chi connectivity index (χ4n) is 4.07. The Kier molecular flexibility index (Phi) is 6.87. The summed E-state index contributed by atoms with van der Waals surface area (Å²) in [6.07, 6.45) is -1.65. The van der Waals surface area contributed by atoms with Crippen LogP contribution in [0.3, 0.4) is 0 Å². The van der Waals surface area contributed by atoms with Gasteiger partial charge in [-0.2, -0.15) is 23.5 Å². The van der Waals surface area contributed by atoms with Gasteiger partial charge in [0, 0.05) is 17.8 Å². The number of hydrogen-bond donors (Lipinski definition) is 2. The highest BCUT2D eigenvalue weighted by Gasteiger charge is 2.28. The van der Waals surface area contributed by atoms with Crippen LogP contribution in [0.5, 0.6) is 5.75 Å². The third kappa shape index (κ3) is 5.76. The normalized spacial score (nSPS) is 16.4. The zero-order valence-corrected chi connectivity index (χ0v) is 18.3. The number of nitrogens with one attached hydrogen (secondary N) is 2. The molecule has 0 saturated carbocycles. The van der Waals surface area contributed by atoms with Gasteiger partial charge in [-0.25, -0.2) is 0 Å². The van der Waals surface area contributed by atoms with E-state index >= 15 is 0 Å². The number of alkyl halides is 3. The second-order valence-electron chi connectivity index (χ2n) is 8.27. The highest BCUT2D eigenvalue weighted by molar-refractivity contribution is 6.07. The predicted molar refractivity (Wildman–Crippen MR) is 121 cm³/mol. The molecule has 0 fully saturated rings. The van der Waals surface area contributed by atoms with Gasteiger partial charge in [-0.15, -0.1) is 0 Å². The molecule has 1 aromatic heterocycles. The third-order valence-electron chi connectivity index (χ3n) is 5.77. The molecule has 1 unspecified atom stereocenters. The van der Waals surface area contributed by atoms with Crippen LogP contribution >= 0.6 is 0 Å². The van der Waals surface area contributed by atoms with E-state index in [0.717, 1.165) is 22.0 Å². The minimum Gasteiger partial charge on any atom is -0.494 e. The molecule has 1 aliphatic heterocycles. The molecule has 0 aliphatic carbocycles. The lowest BCUT2D eigenvalue weighted by Crippen LogP contribution is -2.40. The Bertz CT molecular complexity index is 1260. The summed E-state index contributed by atoms with van der Waals surface area (Å²) in [7, 11) is 0. The lowest BCUT2D eigenvalue weighted by Gasteiger charge is -2.26. The lowest BCUT2D eigenvalue weighted by molar-refractivity contribution is -0.136. The monoisotopic (exact) mass is 468 g/mol. The van der Waals surface area contributed by atoms with Crippen LogP contribution in [0.2, 0.25) is 0 Å². The number of aromatic amines is 1. The van der Waals surface area contributed by atoms with Crippen molar-refractivity contribution >= 4 is 22.4 Å². The van der Waals surface area contributed by atoms with Crippen molar-refractivity contribution in [1.29, 1.82) is 5.26 Å². The zero-order valence-electron chi connectivity index (χ0n) is 18.3. The predicted octanol–water partition coefficient (Wildman–Crippen LogP) is 5.08. The molecule has 0 spiro atoms. The Hall–Kier alpha value is -3.80. The SMILES string of the molecule is N#CC1=C(c2ccc3[nH]ncc3c2)CC(CCc2cccc(OCCCC(F)(F)F)c2)NC1=O. The number of aromatic nitrogens is 2. The molecule has 0 saturated heterocycles. The number of ether oxygens (including phenoxy) is 1. The number of H-pyrrole nitrogens is 1. The van der Waals surface area contributed by atoms with Gasteiger partial charge in [0.05, 0.1) is 18.3 Å². The minimum absolute atomic E-state index is 0.00621. The average Bonchev–Trinajstić information content (AvgIpc) is 3.28. The number of fused-ring (bicyclic) bond motifs is 1. The van der Waals surface area contributed by atoms with Gasteiger partial charge in [-0.05, 0) is 66.6 Å². The van der Waals surface area contributed by atoms with Crippen LogP contribution in [-0.4, -0.2) is 34.9 Å². The highest BCUT2D eigenvalue weighted by atomic mass is 19.4. The number of carbonyl (C=O) groups excluding carboxylic acids is 1. The molecule has 2 N–H and O–H groups in total. The largest absolute Gasteiger partial charge is 0.494 e. The van der Waals surface area contributed by atoms with E-state index in [1.54, 1.807) is 18.3 Å². The van der Waals surface area contributed by atoms with Crippen LogP contribution in [-0.2, 0) is 11.2 Å². The van der Waals surface area contributed by atoms with Crippen molar-refractivity contribution in [2.45, 2.75) is 44.3 Å². The molecule has 2 aromatic carbocycles. The van der Waals surface area contributed by atoms with E-state index in [4.69, 9.17) is 4.74 Å². The van der Waals surface area contributed by atoms with Crippen molar-refractivity contribution in [3.8, 4) is 11.8 Å². The Balaban J connectivity index is 1.40. The number of benzene rings is 2. The summed E-state index contributed by atoms with van der Waals surface area (Å²) in [5.74, 6) is 0.135. The summed E-state index contributed by atoms with van der Waals surface area (Å²) in [5.41, 5.74) is 3.48. The molecule has 3 aromatic rings. The quantitative estimate of drug-likeness (QED) is 0.451. The topological polar surface area (TPSA) is 90.8 Å². The molecule has 4 rings (SSSR count). The summed E-state index contributed by atoms with van der Waals surface area (Å²) in [5, 5.41) is 20.3. The van der Waals surface area contributed by atoms with Crippen molar-refractivity contribution in [1.82, 2.24) is 15.5 Å². The molecular weight excluding hydrogens is 445 g/mol. The van der Waals surface area contributed by atoms with Gasteiger partial charge in [0.1, 0.15) is 17.4 Å². The van der Waals surface area contributed by atoms with E-state index < -0.39 is 12.6 Å². The molecule has 2 heterocycles. The number of aryl methyl sites for hydroxylation is 1. The maximum absolute atomic E-state index is 12.6. The third-order valence-corrected chi connectivity index (χ3v) is 5.77. The molecule has 176 valence electrons. The summed E-state index contributed by atoms with van der Waals surface area (Å²) >= 11 is 0. The van der Waals surface area contributed by atoms with Crippen LogP contribution in [0, 0.1) is 11.3 Å². The number of hydrogen-bond acceptors (Lipinski definition) is 4. The second kappa shape index (κ2) is 10.00. The van der Waals surface area contributed by atoms with Crippen LogP contribution < -0.4 is 10.1 Å². The van der Waals surface area contributed by atoms with E-state index in [2.05, 4.69) is 15.5 Å². The number of nitrogens with zero attached hydrogens (tertiary/aromatic N) is 2. The van der Waals surface area contributed by atoms with E-state index in [0.29, 0.717) is 30.6 Å². The molecule has 1 atom stereocenters. The highest BCUT2D eigenvalue weighted by Crippen LogP contribution is 2.31. The Morgan fingerprint density at radius 1 is 1.21 bits per heavy atom. The molecule has 1 aliphatic rings. The summed E-state index contributed by atoms with van der Waals surface area (Å²) in [6, 6.07) is 14.8. The zero-order chi connectivity index (χ0) is 24.1. The van der Waals surface area contributed by atoms with Gasteiger partial charge in [0.15, 0.2) is 0 Å². The Morgan fingerprint density at radius 3 is 2.85 bits per heavy atom. The molecule has 1 amide bonds. The minimum atomic E-state index is -4.18. The molecule has 0 bridgehead atoms. The maximum Gasteiger partial charge on any atom is 0.389 e. The Morgan fingerprint density at radius 2 is 2.06 bits per heavy atom. The number of carbonyl (C=O) groups is 1. The van der Waals surface area contributed by atoms with Crippen LogP contribution in [0.4, 0.5) is 13.2 Å². The van der Waals surface area contributed by atoms with E-state index in [-0.39, 0.29) is 30.5 Å². The molecule has 6 nitrogen and oxygen atoms in total. The summed E-state index contributed by atoms with van der Waals surface area (Å²) in [4.78, 5) is 12.6. The maximum atomic E-state index is 12.6. The van der Waals surface area contributed by atoms with Gasteiger partial charge in [-0.1, -0.05) is 18.2 Å². The van der Waals surface area contributed by atoms with Crippen molar-refractivity contribution in [3.05, 3.63) is 65.4 Å². The van der Waals surface area contributed by atoms with E-state index in [1.807, 2.05) is 36.4 Å². The van der Waals surface area contributed by atoms with Gasteiger partial charge < -0.3 is 10.1 Å². The fourth-order valence-corrected chi connectivity index (χ4v) is 4.07. The van der Waals surface area contributed by atoms with Crippen molar-refractivity contribution in [2.75, 3.05) is 6.61 Å². The first-order valence-corrected chi connectivity index (χ1v) is 11.0. The van der Waals surface area contributed by atoms with Gasteiger partial charge in [0.25, 0.3) is 5.91 Å². The van der Waals surface area contributed by atoms with Crippen molar-refractivity contribution in [2.24, 2.45) is 0 Å². The molecular formula is C25H23F3N4O2. The first-order valence-electron chi connectivity index (χ1n) is 11.0. The summed E-state index contributed by atoms with van der Waals surface area (Å²) < 4.78 is 42.3. The molecule has 9 heteroatoms. The van der Waals surface area contributed by atoms with E-state index in [9.17, 15) is 23.2 Å². The number of rotatable bonds is 8. The van der Waals surface area contributed by atoms with Gasteiger partial charge >= 0.3 is 6.18 Å². The fraction of sp³-hybridized carbons (Fsp3) is 0.320. The molecule has 34 heavy (non-hydrogen) atoms. The van der Waals surface area contributed by atoms with E-state index in [1.165, 1.54) is 0 Å². The van der Waals surface area contributed by atoms with Crippen molar-refractivity contribution in [3.63, 3.8) is 0 Å². The van der Waals surface area contributed by atoms with Crippen LogP contribution in [0.25, 0.3) is 16.5 Å². The van der Waals surface area contributed by atoms with Crippen molar-refractivity contribution < 1.29 is 22.7 Å². The lowest BCUT2D eigenvalue weighted by atomic mass is 9.87. The number of halogens is 3. The second-order valence-corrected chi connectivity index (χ2v) is 8.27. The average molecular weight is 468 g/mol. The Labute approximate surface area is 194 Å². The standard InChI is InChI=1S/C25H23F3N4O2/c26-25(27,28)9-2-10-34-20-4-1-3-16(11-20)5-7-19-13-21(22(14-29)24(33)31-19)17-6-8-23-18(12-17)15-30-32-23/h1,3-4,6,8,11-12,15,19H,2,5,7,9-10,13H2,(H,30,32)(H,31,33). The van der Waals surface area contributed by atoms with Crippen LogP contribution in [0.1, 0.15) is 36.8 Å². The van der Waals surface area contributed by atoms with Gasteiger partial charge in [-0.3, -0.25) is 9.89 Å². The van der Waals surface area contributed by atoms with Gasteiger partial charge in [0.2, 0.25) is 0 Å². The smallest absolute Gasteiger partial charge is 0.389 e. The first kappa shape index (κ1) is 23.4. The summed E-state index contributed by atoms with van der Waals surface area (Å²) in [6.45, 7) is -0.00621.